The Morgan fingerprint density at radius 2 is 2.19 bits per heavy atom. The number of ether oxygens (including phenoxy) is 1. The van der Waals surface area contributed by atoms with Crippen LogP contribution in [0.25, 0.3) is 17.0 Å². The number of benzene rings is 2. The molecule has 0 spiro atoms. The van der Waals surface area contributed by atoms with Crippen molar-refractivity contribution in [2.75, 3.05) is 13.2 Å². The molecule has 1 amide bonds. The molecule has 0 unspecified atom stereocenters. The van der Waals surface area contributed by atoms with Crippen LogP contribution in [0.3, 0.4) is 0 Å². The largest absolute Gasteiger partial charge is 0.488 e. The highest BCUT2D eigenvalue weighted by Gasteiger charge is 2.21. The second kappa shape index (κ2) is 7.74. The molecule has 3 aromatic rings. The Balaban J connectivity index is 1.56. The number of aromatic nitrogens is 1. The highest BCUT2D eigenvalue weighted by molar-refractivity contribution is 14.1. The van der Waals surface area contributed by atoms with Crippen molar-refractivity contribution in [3.05, 3.63) is 68.9 Å². The lowest BCUT2D eigenvalue weighted by Crippen LogP contribution is -2.39. The minimum atomic E-state index is -0.385. The molecule has 0 bridgehead atoms. The van der Waals surface area contributed by atoms with E-state index >= 15 is 0 Å². The summed E-state index contributed by atoms with van der Waals surface area (Å²) in [7, 11) is 0. The van der Waals surface area contributed by atoms with Crippen molar-refractivity contribution < 1.29 is 14.6 Å². The fourth-order valence-electron chi connectivity index (χ4n) is 3.37. The van der Waals surface area contributed by atoms with Gasteiger partial charge < -0.3 is 20.1 Å². The highest BCUT2D eigenvalue weighted by Crippen LogP contribution is 2.30. The van der Waals surface area contributed by atoms with E-state index in [2.05, 4.69) is 32.9 Å². The lowest BCUT2D eigenvalue weighted by molar-refractivity contribution is 0.0912. The molecule has 0 fully saturated rings. The molecule has 1 aliphatic heterocycles. The summed E-state index contributed by atoms with van der Waals surface area (Å²) in [5.74, 6) is 0.359. The summed E-state index contributed by atoms with van der Waals surface area (Å²) in [5, 5.41) is 13.9. The van der Waals surface area contributed by atoms with Gasteiger partial charge in [0.05, 0.1) is 18.2 Å². The number of amides is 1. The topological polar surface area (TPSA) is 74.4 Å². The van der Waals surface area contributed by atoms with E-state index in [4.69, 9.17) is 4.74 Å². The Morgan fingerprint density at radius 1 is 1.33 bits per heavy atom. The number of rotatable bonds is 5. The zero-order valence-electron chi connectivity index (χ0n) is 14.5. The van der Waals surface area contributed by atoms with E-state index in [-0.39, 0.29) is 18.6 Å². The molecule has 0 aliphatic carbocycles. The number of fused-ring (bicyclic) bond motifs is 2. The summed E-state index contributed by atoms with van der Waals surface area (Å²) in [4.78, 5) is 16.1. The average molecular weight is 474 g/mol. The maximum Gasteiger partial charge on any atom is 0.255 e. The summed E-state index contributed by atoms with van der Waals surface area (Å²) < 4.78 is 6.65. The predicted octanol–water partition coefficient (Wildman–Crippen LogP) is 3.51. The monoisotopic (exact) mass is 474 g/mol. The van der Waals surface area contributed by atoms with E-state index in [0.29, 0.717) is 24.3 Å². The second-order valence-corrected chi connectivity index (χ2v) is 7.75. The molecule has 1 aromatic heterocycles. The summed E-state index contributed by atoms with van der Waals surface area (Å²) in [6.45, 7) is 0.310. The van der Waals surface area contributed by atoms with E-state index in [1.54, 1.807) is 0 Å². The normalized spacial score (nSPS) is 13.9. The fraction of sp³-hybridized carbons (Fsp3) is 0.190. The van der Waals surface area contributed by atoms with Crippen molar-refractivity contribution in [3.63, 3.8) is 0 Å². The zero-order valence-corrected chi connectivity index (χ0v) is 16.7. The molecule has 1 aliphatic rings. The van der Waals surface area contributed by atoms with E-state index in [0.717, 1.165) is 25.6 Å². The number of aliphatic hydroxyl groups excluding tert-OH is 1. The number of hydrogen-bond donors (Lipinski definition) is 3. The van der Waals surface area contributed by atoms with Crippen LogP contribution in [0.5, 0.6) is 5.75 Å². The van der Waals surface area contributed by atoms with Crippen LogP contribution in [0.1, 0.15) is 21.5 Å². The fourth-order valence-corrected chi connectivity index (χ4v) is 4.01. The quantitative estimate of drug-likeness (QED) is 0.496. The zero-order chi connectivity index (χ0) is 18.8. The molecule has 5 nitrogen and oxygen atoms in total. The van der Waals surface area contributed by atoms with Gasteiger partial charge in [-0.2, -0.15) is 0 Å². The number of H-pyrrole nitrogens is 1. The SMILES string of the molecule is O=C(N[C@@H](CO)Cc1c[nH]c2ccccc12)c1cc(I)cc2c1OCC=C2. The van der Waals surface area contributed by atoms with Gasteiger partial charge in [-0.15, -0.1) is 0 Å². The van der Waals surface area contributed by atoms with Gasteiger partial charge in [-0.05, 0) is 58.9 Å². The van der Waals surface area contributed by atoms with E-state index in [1.165, 1.54) is 0 Å². The van der Waals surface area contributed by atoms with Crippen molar-refractivity contribution in [2.24, 2.45) is 0 Å². The van der Waals surface area contributed by atoms with Gasteiger partial charge in [-0.25, -0.2) is 0 Å². The Kier molecular flexibility index (Phi) is 5.18. The molecule has 6 heteroatoms. The van der Waals surface area contributed by atoms with Crippen molar-refractivity contribution >= 4 is 45.5 Å². The van der Waals surface area contributed by atoms with E-state index < -0.39 is 0 Å². The van der Waals surface area contributed by atoms with Crippen molar-refractivity contribution in [1.82, 2.24) is 10.3 Å². The average Bonchev–Trinajstić information content (AvgIpc) is 3.09. The van der Waals surface area contributed by atoms with Crippen LogP contribution in [0.4, 0.5) is 0 Å². The Labute approximate surface area is 170 Å². The number of carbonyl (C=O) groups excluding carboxylic acids is 1. The van der Waals surface area contributed by atoms with Crippen molar-refractivity contribution in [1.29, 1.82) is 0 Å². The summed E-state index contributed by atoms with van der Waals surface area (Å²) >= 11 is 2.19. The lowest BCUT2D eigenvalue weighted by Gasteiger charge is -2.20. The smallest absolute Gasteiger partial charge is 0.255 e. The van der Waals surface area contributed by atoms with Gasteiger partial charge >= 0.3 is 0 Å². The number of para-hydroxylation sites is 1. The van der Waals surface area contributed by atoms with Crippen LogP contribution in [0.15, 0.2) is 48.7 Å². The first-order valence-corrected chi connectivity index (χ1v) is 9.83. The molecule has 0 saturated carbocycles. The van der Waals surface area contributed by atoms with Gasteiger partial charge in [0, 0.05) is 26.2 Å². The third-order valence-electron chi connectivity index (χ3n) is 4.65. The molecule has 27 heavy (non-hydrogen) atoms. The van der Waals surface area contributed by atoms with Crippen LogP contribution >= 0.6 is 22.6 Å². The van der Waals surface area contributed by atoms with E-state index in [1.807, 2.05) is 54.7 Å². The molecule has 0 saturated heterocycles. The van der Waals surface area contributed by atoms with Crippen LogP contribution in [-0.4, -0.2) is 35.3 Å². The molecule has 4 rings (SSSR count). The van der Waals surface area contributed by atoms with Gasteiger partial charge in [0.1, 0.15) is 12.4 Å². The van der Waals surface area contributed by atoms with Gasteiger partial charge in [0.25, 0.3) is 5.91 Å². The summed E-state index contributed by atoms with van der Waals surface area (Å²) in [6.07, 6.45) is 6.36. The Morgan fingerprint density at radius 3 is 3.04 bits per heavy atom. The highest BCUT2D eigenvalue weighted by atomic mass is 127. The number of hydrogen-bond acceptors (Lipinski definition) is 3. The molecule has 0 radical (unpaired) electrons. The molecule has 3 N–H and O–H groups in total. The standard InChI is InChI=1S/C21H19IN2O3/c22-15-8-13-4-3-7-27-20(13)18(10-15)21(26)24-16(12-25)9-14-11-23-19-6-2-1-5-17(14)19/h1-6,8,10-11,16,23,25H,7,9,12H2,(H,24,26)/t16-/m1/s1. The van der Waals surface area contributed by atoms with Crippen LogP contribution < -0.4 is 10.1 Å². The Hall–Kier alpha value is -2.32. The van der Waals surface area contributed by atoms with Crippen molar-refractivity contribution in [3.8, 4) is 5.75 Å². The van der Waals surface area contributed by atoms with Crippen LogP contribution in [-0.2, 0) is 6.42 Å². The first-order chi connectivity index (χ1) is 13.2. The number of aromatic amines is 1. The molecular weight excluding hydrogens is 455 g/mol. The third kappa shape index (κ3) is 3.72. The maximum absolute atomic E-state index is 12.9. The molecule has 138 valence electrons. The summed E-state index contributed by atoms with van der Waals surface area (Å²) in [5.41, 5.74) is 3.50. The van der Waals surface area contributed by atoms with Crippen LogP contribution in [0, 0.1) is 3.57 Å². The second-order valence-electron chi connectivity index (χ2n) is 6.50. The third-order valence-corrected chi connectivity index (χ3v) is 5.27. The minimum Gasteiger partial charge on any atom is -0.488 e. The van der Waals surface area contributed by atoms with Gasteiger partial charge in [0.2, 0.25) is 0 Å². The lowest BCUT2D eigenvalue weighted by atomic mass is 10.0. The molecule has 2 aromatic carbocycles. The molecule has 2 heterocycles. The number of carbonyl (C=O) groups is 1. The van der Waals surface area contributed by atoms with Gasteiger partial charge in [-0.3, -0.25) is 4.79 Å². The predicted molar refractivity (Wildman–Crippen MR) is 114 cm³/mol. The summed E-state index contributed by atoms with van der Waals surface area (Å²) in [6, 6.07) is 11.4. The number of halogens is 1. The van der Waals surface area contributed by atoms with Crippen molar-refractivity contribution in [2.45, 2.75) is 12.5 Å². The molecule has 1 atom stereocenters. The number of aliphatic hydroxyl groups is 1. The first kappa shape index (κ1) is 18.1. The first-order valence-electron chi connectivity index (χ1n) is 8.75. The minimum absolute atomic E-state index is 0.141. The number of nitrogens with one attached hydrogen (secondary N) is 2. The molecular formula is C21H19IN2O3. The maximum atomic E-state index is 12.9. The van der Waals surface area contributed by atoms with Gasteiger partial charge in [0.15, 0.2) is 0 Å². The van der Waals surface area contributed by atoms with Crippen LogP contribution in [0.2, 0.25) is 0 Å². The Bertz CT molecular complexity index is 1030. The van der Waals surface area contributed by atoms with Gasteiger partial charge in [-0.1, -0.05) is 24.3 Å². The van der Waals surface area contributed by atoms with E-state index in [9.17, 15) is 9.90 Å².